The van der Waals surface area contributed by atoms with E-state index in [-0.39, 0.29) is 5.54 Å². The molecule has 1 rings (SSSR count). The molecule has 0 aliphatic heterocycles. The van der Waals surface area contributed by atoms with Crippen LogP contribution in [0.4, 0.5) is 0 Å². The van der Waals surface area contributed by atoms with E-state index in [1.807, 2.05) is 33.8 Å². The van der Waals surface area contributed by atoms with Gasteiger partial charge in [0.05, 0.1) is 11.2 Å². The average Bonchev–Trinajstić information content (AvgIpc) is 1.92. The number of nitrogens with zero attached hydrogens (tertiary/aromatic N) is 1. The topological polar surface area (TPSA) is 38.9 Å². The summed E-state index contributed by atoms with van der Waals surface area (Å²) in [6.07, 6.45) is 0. The quantitative estimate of drug-likeness (QED) is 0.688. The molecule has 2 heteroatoms. The first-order chi connectivity index (χ1) is 5.41. The minimum absolute atomic E-state index is 0.337. The summed E-state index contributed by atoms with van der Waals surface area (Å²) in [5.41, 5.74) is 8.80. The van der Waals surface area contributed by atoms with E-state index in [1.165, 1.54) is 0 Å². The molecule has 2 N–H and O–H groups in total. The molecule has 0 atom stereocenters. The molecule has 0 radical (unpaired) electrons. The first-order valence-corrected chi connectivity index (χ1v) is 4.15. The molecule has 1 aromatic rings. The van der Waals surface area contributed by atoms with Crippen molar-refractivity contribution in [1.29, 1.82) is 0 Å². The van der Waals surface area contributed by atoms with E-state index in [4.69, 9.17) is 5.73 Å². The van der Waals surface area contributed by atoms with Crippen LogP contribution >= 0.6 is 0 Å². The fourth-order valence-corrected chi connectivity index (χ4v) is 1.28. The third-order valence-electron chi connectivity index (χ3n) is 1.85. The second kappa shape index (κ2) is 2.87. The molecule has 66 valence electrons. The Morgan fingerprint density at radius 2 is 1.83 bits per heavy atom. The SMILES string of the molecule is Cc1ccc(C)c(C(C)(C)N)n1. The number of nitrogens with two attached hydrogens (primary N) is 1. The zero-order chi connectivity index (χ0) is 9.35. The van der Waals surface area contributed by atoms with Crippen molar-refractivity contribution in [3.8, 4) is 0 Å². The number of hydrogen-bond donors (Lipinski definition) is 1. The molecule has 0 amide bonds. The fraction of sp³-hybridized carbons (Fsp3) is 0.500. The van der Waals surface area contributed by atoms with Crippen LogP contribution in [0.5, 0.6) is 0 Å². The zero-order valence-electron chi connectivity index (χ0n) is 8.18. The second-order valence-corrected chi connectivity index (χ2v) is 3.84. The second-order valence-electron chi connectivity index (χ2n) is 3.84. The molecule has 0 saturated carbocycles. The van der Waals surface area contributed by atoms with Crippen LogP contribution in [-0.4, -0.2) is 4.98 Å². The molecular formula is C10H16N2. The lowest BCUT2D eigenvalue weighted by Crippen LogP contribution is -2.31. The van der Waals surface area contributed by atoms with Crippen LogP contribution in [0.3, 0.4) is 0 Å². The molecule has 0 aromatic carbocycles. The highest BCUT2D eigenvalue weighted by Crippen LogP contribution is 2.18. The molecule has 0 fully saturated rings. The van der Waals surface area contributed by atoms with Crippen LogP contribution in [0.25, 0.3) is 0 Å². The van der Waals surface area contributed by atoms with Crippen molar-refractivity contribution in [2.75, 3.05) is 0 Å². The molecule has 0 unspecified atom stereocenters. The maximum absolute atomic E-state index is 5.96. The maximum atomic E-state index is 5.96. The van der Waals surface area contributed by atoms with Crippen molar-refractivity contribution in [3.05, 3.63) is 29.1 Å². The minimum Gasteiger partial charge on any atom is -0.321 e. The van der Waals surface area contributed by atoms with Crippen LogP contribution in [0.2, 0.25) is 0 Å². The van der Waals surface area contributed by atoms with Crippen molar-refractivity contribution in [2.45, 2.75) is 33.2 Å². The lowest BCUT2D eigenvalue weighted by atomic mass is 9.97. The van der Waals surface area contributed by atoms with Crippen molar-refractivity contribution in [3.63, 3.8) is 0 Å². The molecule has 0 bridgehead atoms. The van der Waals surface area contributed by atoms with Gasteiger partial charge in [0.2, 0.25) is 0 Å². The molecular weight excluding hydrogens is 148 g/mol. The third-order valence-corrected chi connectivity index (χ3v) is 1.85. The molecule has 1 heterocycles. The Balaban J connectivity index is 3.23. The van der Waals surface area contributed by atoms with Crippen molar-refractivity contribution in [2.24, 2.45) is 5.73 Å². The van der Waals surface area contributed by atoms with E-state index in [9.17, 15) is 0 Å². The van der Waals surface area contributed by atoms with Gasteiger partial charge in [-0.1, -0.05) is 6.07 Å². The minimum atomic E-state index is -0.337. The Hall–Kier alpha value is -0.890. The van der Waals surface area contributed by atoms with Gasteiger partial charge in [0.15, 0.2) is 0 Å². The fourth-order valence-electron chi connectivity index (χ4n) is 1.28. The van der Waals surface area contributed by atoms with Crippen LogP contribution in [0.1, 0.15) is 30.8 Å². The normalized spacial score (nSPS) is 11.8. The van der Waals surface area contributed by atoms with E-state index < -0.39 is 0 Å². The molecule has 0 aliphatic rings. The Labute approximate surface area is 73.8 Å². The molecule has 12 heavy (non-hydrogen) atoms. The smallest absolute Gasteiger partial charge is 0.0629 e. The summed E-state index contributed by atoms with van der Waals surface area (Å²) in [4.78, 5) is 4.42. The number of aryl methyl sites for hydroxylation is 2. The number of hydrogen-bond acceptors (Lipinski definition) is 2. The Kier molecular flexibility index (Phi) is 2.20. The first kappa shape index (κ1) is 9.20. The summed E-state index contributed by atoms with van der Waals surface area (Å²) in [7, 11) is 0. The highest BCUT2D eigenvalue weighted by molar-refractivity contribution is 5.26. The van der Waals surface area contributed by atoms with Gasteiger partial charge in [-0.15, -0.1) is 0 Å². The summed E-state index contributed by atoms with van der Waals surface area (Å²) in [6.45, 7) is 7.97. The van der Waals surface area contributed by atoms with E-state index in [2.05, 4.69) is 11.1 Å². The van der Waals surface area contributed by atoms with E-state index in [0.29, 0.717) is 0 Å². The van der Waals surface area contributed by atoms with Crippen LogP contribution < -0.4 is 5.73 Å². The maximum Gasteiger partial charge on any atom is 0.0629 e. The van der Waals surface area contributed by atoms with Crippen molar-refractivity contribution in [1.82, 2.24) is 4.98 Å². The number of aromatic nitrogens is 1. The molecule has 1 aromatic heterocycles. The first-order valence-electron chi connectivity index (χ1n) is 4.15. The Bertz CT molecular complexity index is 284. The van der Waals surface area contributed by atoms with Gasteiger partial charge in [-0.2, -0.15) is 0 Å². The van der Waals surface area contributed by atoms with Gasteiger partial charge in [-0.05, 0) is 39.3 Å². The lowest BCUT2D eigenvalue weighted by Gasteiger charge is -2.20. The molecule has 0 aliphatic carbocycles. The molecule has 0 spiro atoms. The van der Waals surface area contributed by atoms with Gasteiger partial charge in [-0.3, -0.25) is 4.98 Å². The monoisotopic (exact) mass is 164 g/mol. The summed E-state index contributed by atoms with van der Waals surface area (Å²) >= 11 is 0. The predicted octanol–water partition coefficient (Wildman–Crippen LogP) is 1.89. The summed E-state index contributed by atoms with van der Waals surface area (Å²) in [5.74, 6) is 0. The van der Waals surface area contributed by atoms with Gasteiger partial charge in [0.1, 0.15) is 0 Å². The van der Waals surface area contributed by atoms with Gasteiger partial charge < -0.3 is 5.73 Å². The van der Waals surface area contributed by atoms with Gasteiger partial charge in [0.25, 0.3) is 0 Å². The summed E-state index contributed by atoms with van der Waals surface area (Å²) < 4.78 is 0. The van der Waals surface area contributed by atoms with Crippen LogP contribution in [0, 0.1) is 13.8 Å². The Morgan fingerprint density at radius 3 is 2.25 bits per heavy atom. The highest BCUT2D eigenvalue weighted by atomic mass is 14.8. The van der Waals surface area contributed by atoms with E-state index in [0.717, 1.165) is 17.0 Å². The van der Waals surface area contributed by atoms with E-state index in [1.54, 1.807) is 0 Å². The van der Waals surface area contributed by atoms with Gasteiger partial charge in [-0.25, -0.2) is 0 Å². The van der Waals surface area contributed by atoms with E-state index >= 15 is 0 Å². The van der Waals surface area contributed by atoms with Gasteiger partial charge in [0, 0.05) is 5.69 Å². The van der Waals surface area contributed by atoms with Crippen molar-refractivity contribution >= 4 is 0 Å². The lowest BCUT2D eigenvalue weighted by molar-refractivity contribution is 0.529. The molecule has 0 saturated heterocycles. The number of rotatable bonds is 1. The van der Waals surface area contributed by atoms with Crippen LogP contribution in [-0.2, 0) is 5.54 Å². The zero-order valence-corrected chi connectivity index (χ0v) is 8.18. The predicted molar refractivity (Wildman–Crippen MR) is 50.9 cm³/mol. The van der Waals surface area contributed by atoms with Gasteiger partial charge >= 0.3 is 0 Å². The average molecular weight is 164 g/mol. The third kappa shape index (κ3) is 1.83. The summed E-state index contributed by atoms with van der Waals surface area (Å²) in [5, 5.41) is 0. The van der Waals surface area contributed by atoms with Crippen LogP contribution in [0.15, 0.2) is 12.1 Å². The largest absolute Gasteiger partial charge is 0.321 e. The highest BCUT2D eigenvalue weighted by Gasteiger charge is 2.17. The standard InChI is InChI=1S/C10H16N2/c1-7-5-6-8(2)12-9(7)10(3,4)11/h5-6H,11H2,1-4H3. The number of pyridine rings is 1. The Morgan fingerprint density at radius 1 is 1.25 bits per heavy atom. The summed E-state index contributed by atoms with van der Waals surface area (Å²) in [6, 6.07) is 4.07. The van der Waals surface area contributed by atoms with Crippen molar-refractivity contribution < 1.29 is 0 Å². The molecule has 2 nitrogen and oxygen atoms in total.